The fourth-order valence-electron chi connectivity index (χ4n) is 3.23. The van der Waals surface area contributed by atoms with Crippen molar-refractivity contribution in [3.8, 4) is 0 Å². The number of nitrogens with one attached hydrogen (secondary N) is 2. The summed E-state index contributed by atoms with van der Waals surface area (Å²) < 4.78 is 7.57. The van der Waals surface area contributed by atoms with Gasteiger partial charge < -0.3 is 19.6 Å². The second kappa shape index (κ2) is 6.33. The highest BCUT2D eigenvalue weighted by atomic mass is 16.4. The first kappa shape index (κ1) is 16.4. The van der Waals surface area contributed by atoms with E-state index < -0.39 is 0 Å². The Morgan fingerprint density at radius 1 is 1.38 bits per heavy atom. The molecule has 7 nitrogen and oxygen atoms in total. The molecule has 3 heterocycles. The van der Waals surface area contributed by atoms with E-state index in [1.54, 1.807) is 0 Å². The molecule has 0 saturated carbocycles. The number of aryl methyl sites for hydroxylation is 3. The number of amides is 2. The molecule has 1 aliphatic heterocycles. The molecule has 0 saturated heterocycles. The highest BCUT2D eigenvalue weighted by molar-refractivity contribution is 5.99. The van der Waals surface area contributed by atoms with E-state index in [4.69, 9.17) is 4.42 Å². The number of hydrogen-bond donors (Lipinski definition) is 2. The van der Waals surface area contributed by atoms with Crippen LogP contribution in [0.4, 0.5) is 0 Å². The number of nitrogens with zero attached hydrogens (tertiary/aromatic N) is 2. The summed E-state index contributed by atoms with van der Waals surface area (Å²) >= 11 is 0. The van der Waals surface area contributed by atoms with E-state index in [2.05, 4.69) is 15.6 Å². The molecule has 1 aromatic carbocycles. The van der Waals surface area contributed by atoms with Crippen LogP contribution in [0.25, 0.3) is 11.0 Å². The van der Waals surface area contributed by atoms with Crippen LogP contribution in [-0.2, 0) is 20.0 Å². The van der Waals surface area contributed by atoms with Crippen molar-refractivity contribution >= 4 is 22.8 Å². The van der Waals surface area contributed by atoms with E-state index in [0.717, 1.165) is 28.8 Å². The van der Waals surface area contributed by atoms with Crippen molar-refractivity contribution in [1.29, 1.82) is 0 Å². The quantitative estimate of drug-likeness (QED) is 0.755. The molecule has 7 heteroatoms. The molecule has 0 atom stereocenters. The summed E-state index contributed by atoms with van der Waals surface area (Å²) in [5.74, 6) is 0.940. The van der Waals surface area contributed by atoms with Gasteiger partial charge in [-0.1, -0.05) is 6.07 Å². The topological polar surface area (TPSA) is 89.2 Å². The third-order valence-corrected chi connectivity index (χ3v) is 4.68. The first-order valence-electron chi connectivity index (χ1n) is 8.64. The van der Waals surface area contributed by atoms with Gasteiger partial charge in [-0.15, -0.1) is 0 Å². The van der Waals surface area contributed by atoms with Crippen molar-refractivity contribution in [2.75, 3.05) is 6.54 Å². The fraction of sp³-hybridized carbons (Fsp3) is 0.316. The maximum absolute atomic E-state index is 12.4. The molecule has 0 unspecified atom stereocenters. The molecular formula is C19H20N4O3. The third-order valence-electron chi connectivity index (χ3n) is 4.68. The van der Waals surface area contributed by atoms with Crippen molar-refractivity contribution in [1.82, 2.24) is 20.2 Å². The monoisotopic (exact) mass is 352 g/mol. The molecule has 0 spiro atoms. The Hall–Kier alpha value is -3.09. The van der Waals surface area contributed by atoms with Gasteiger partial charge in [-0.25, -0.2) is 4.98 Å². The van der Waals surface area contributed by atoms with Crippen molar-refractivity contribution in [2.45, 2.75) is 26.3 Å². The minimum absolute atomic E-state index is 0.154. The lowest BCUT2D eigenvalue weighted by Gasteiger charge is -2.04. The van der Waals surface area contributed by atoms with Gasteiger partial charge in [-0.05, 0) is 31.0 Å². The molecule has 2 amide bonds. The molecule has 134 valence electrons. The van der Waals surface area contributed by atoms with Crippen molar-refractivity contribution < 1.29 is 14.0 Å². The van der Waals surface area contributed by atoms with E-state index in [0.29, 0.717) is 24.3 Å². The number of carbonyl (C=O) groups excluding carboxylic acids is 2. The van der Waals surface area contributed by atoms with Crippen LogP contribution in [0.5, 0.6) is 0 Å². The number of rotatable bonds is 3. The van der Waals surface area contributed by atoms with Crippen molar-refractivity contribution in [3.63, 3.8) is 0 Å². The lowest BCUT2D eigenvalue weighted by atomic mass is 10.2. The number of imidazole rings is 1. The zero-order valence-electron chi connectivity index (χ0n) is 14.8. The molecule has 2 N–H and O–H groups in total. The van der Waals surface area contributed by atoms with Gasteiger partial charge in [0.05, 0.1) is 23.1 Å². The summed E-state index contributed by atoms with van der Waals surface area (Å²) in [7, 11) is 1.92. The summed E-state index contributed by atoms with van der Waals surface area (Å²) in [6, 6.07) is 7.59. The number of fused-ring (bicyclic) bond motifs is 2. The summed E-state index contributed by atoms with van der Waals surface area (Å²) in [6.07, 6.45) is 1.44. The van der Waals surface area contributed by atoms with Crippen LogP contribution >= 0.6 is 0 Å². The summed E-state index contributed by atoms with van der Waals surface area (Å²) in [6.45, 7) is 2.92. The number of aromatic nitrogens is 2. The number of furan rings is 1. The Labute approximate surface area is 150 Å². The molecule has 0 bridgehead atoms. The normalized spacial score (nSPS) is 14.0. The van der Waals surface area contributed by atoms with Crippen LogP contribution in [-0.4, -0.2) is 27.9 Å². The molecule has 4 rings (SSSR count). The van der Waals surface area contributed by atoms with E-state index in [-0.39, 0.29) is 24.1 Å². The standard InChI is InChI=1S/C19H20N4O3/c1-11-5-6-14-13(8-11)22-17(23(14)2)10-21-19(25)16-9-12-15(26-16)4-3-7-20-18(12)24/h5-6,8-9H,3-4,7,10H2,1-2H3,(H,20,24)(H,21,25). The molecule has 3 aromatic rings. The van der Waals surface area contributed by atoms with Crippen molar-refractivity contribution in [3.05, 3.63) is 52.7 Å². The van der Waals surface area contributed by atoms with Gasteiger partial charge in [-0.2, -0.15) is 0 Å². The van der Waals surface area contributed by atoms with Gasteiger partial charge in [0, 0.05) is 26.1 Å². The van der Waals surface area contributed by atoms with Crippen LogP contribution in [0.1, 0.15) is 44.5 Å². The number of carbonyl (C=O) groups is 2. The average molecular weight is 352 g/mol. The van der Waals surface area contributed by atoms with Crippen LogP contribution in [0.15, 0.2) is 28.7 Å². The van der Waals surface area contributed by atoms with Gasteiger partial charge in [0.2, 0.25) is 0 Å². The zero-order valence-corrected chi connectivity index (χ0v) is 14.8. The summed E-state index contributed by atoms with van der Waals surface area (Å²) in [4.78, 5) is 29.0. The molecule has 0 fully saturated rings. The summed E-state index contributed by atoms with van der Waals surface area (Å²) in [5.41, 5.74) is 3.51. The maximum Gasteiger partial charge on any atom is 0.287 e. The van der Waals surface area contributed by atoms with Crippen LogP contribution in [0.2, 0.25) is 0 Å². The number of hydrogen-bond acceptors (Lipinski definition) is 4. The predicted molar refractivity (Wildman–Crippen MR) is 96.0 cm³/mol. The Morgan fingerprint density at radius 3 is 3.08 bits per heavy atom. The second-order valence-corrected chi connectivity index (χ2v) is 6.57. The smallest absolute Gasteiger partial charge is 0.287 e. The minimum Gasteiger partial charge on any atom is -0.455 e. The summed E-state index contributed by atoms with van der Waals surface area (Å²) in [5, 5.41) is 5.62. The molecule has 0 radical (unpaired) electrons. The minimum atomic E-state index is -0.353. The number of benzene rings is 1. The molecule has 1 aliphatic rings. The van der Waals surface area contributed by atoms with Crippen LogP contribution in [0.3, 0.4) is 0 Å². The Bertz CT molecular complexity index is 1020. The molecule has 0 aliphatic carbocycles. The predicted octanol–water partition coefficient (Wildman–Crippen LogP) is 2.08. The second-order valence-electron chi connectivity index (χ2n) is 6.57. The molecule has 2 aromatic heterocycles. The van der Waals surface area contributed by atoms with E-state index in [1.165, 1.54) is 6.07 Å². The van der Waals surface area contributed by atoms with Gasteiger partial charge in [0.1, 0.15) is 11.6 Å². The Morgan fingerprint density at radius 2 is 2.23 bits per heavy atom. The van der Waals surface area contributed by atoms with Crippen LogP contribution < -0.4 is 10.6 Å². The first-order valence-corrected chi connectivity index (χ1v) is 8.64. The third kappa shape index (κ3) is 2.85. The first-order chi connectivity index (χ1) is 12.5. The zero-order chi connectivity index (χ0) is 18.3. The van der Waals surface area contributed by atoms with Gasteiger partial charge in [0.25, 0.3) is 11.8 Å². The lowest BCUT2D eigenvalue weighted by Crippen LogP contribution is -2.24. The molecule has 26 heavy (non-hydrogen) atoms. The van der Waals surface area contributed by atoms with Crippen LogP contribution in [0, 0.1) is 6.92 Å². The van der Waals surface area contributed by atoms with Gasteiger partial charge in [-0.3, -0.25) is 9.59 Å². The molecular weight excluding hydrogens is 332 g/mol. The largest absolute Gasteiger partial charge is 0.455 e. The average Bonchev–Trinajstić information content (AvgIpc) is 3.13. The van der Waals surface area contributed by atoms with Gasteiger partial charge in [0.15, 0.2) is 5.76 Å². The van der Waals surface area contributed by atoms with Crippen molar-refractivity contribution in [2.24, 2.45) is 7.05 Å². The Balaban J connectivity index is 1.52. The van der Waals surface area contributed by atoms with E-state index >= 15 is 0 Å². The highest BCUT2D eigenvalue weighted by Crippen LogP contribution is 2.20. The Kier molecular flexibility index (Phi) is 3.99. The SMILES string of the molecule is Cc1ccc2c(c1)nc(CNC(=O)c1cc3c(o1)CCCNC3=O)n2C. The van der Waals surface area contributed by atoms with Gasteiger partial charge >= 0.3 is 0 Å². The van der Waals surface area contributed by atoms with E-state index in [9.17, 15) is 9.59 Å². The van der Waals surface area contributed by atoms with E-state index in [1.807, 2.05) is 36.7 Å². The fourth-order valence-corrected chi connectivity index (χ4v) is 3.23. The maximum atomic E-state index is 12.4. The lowest BCUT2D eigenvalue weighted by molar-refractivity contribution is 0.0918. The highest BCUT2D eigenvalue weighted by Gasteiger charge is 2.23.